The lowest BCUT2D eigenvalue weighted by Crippen LogP contribution is -2.36. The Morgan fingerprint density at radius 3 is 2.48 bits per heavy atom. The van der Waals surface area contributed by atoms with E-state index in [9.17, 15) is 0 Å². The molecule has 1 aliphatic rings. The van der Waals surface area contributed by atoms with Gasteiger partial charge in [-0.05, 0) is 43.2 Å². The Morgan fingerprint density at radius 2 is 1.86 bits per heavy atom. The van der Waals surface area contributed by atoms with Crippen LogP contribution in [-0.2, 0) is 0 Å². The van der Waals surface area contributed by atoms with Gasteiger partial charge in [0, 0.05) is 24.3 Å². The minimum Gasteiger partial charge on any atom is -0.368 e. The van der Waals surface area contributed by atoms with Crippen LogP contribution in [0.2, 0.25) is 0 Å². The Bertz CT molecular complexity index is 421. The van der Waals surface area contributed by atoms with Crippen molar-refractivity contribution in [1.82, 2.24) is 0 Å². The highest BCUT2D eigenvalue weighted by atomic mass is 15.2. The standard InChI is InChI=1S/C19H32N2/c1-4-18(20)17-11-7-8-12-19(17)21(14-13-15(2)3)16-9-5-6-10-16/h7-8,11-12,15-16,18H,4-6,9-10,13-14,20H2,1-3H3. The van der Waals surface area contributed by atoms with E-state index in [-0.39, 0.29) is 6.04 Å². The van der Waals surface area contributed by atoms with Crippen molar-refractivity contribution in [2.75, 3.05) is 11.4 Å². The number of hydrogen-bond acceptors (Lipinski definition) is 2. The molecule has 1 unspecified atom stereocenters. The highest BCUT2D eigenvalue weighted by Crippen LogP contribution is 2.33. The first-order valence-electron chi connectivity index (χ1n) is 8.74. The molecule has 1 aromatic rings. The number of para-hydroxylation sites is 1. The van der Waals surface area contributed by atoms with E-state index in [0.717, 1.165) is 18.9 Å². The molecule has 0 aromatic heterocycles. The Morgan fingerprint density at radius 1 is 1.19 bits per heavy atom. The number of nitrogens with zero attached hydrogens (tertiary/aromatic N) is 1. The van der Waals surface area contributed by atoms with Gasteiger partial charge in [-0.25, -0.2) is 0 Å². The quantitative estimate of drug-likeness (QED) is 0.774. The number of benzene rings is 1. The van der Waals surface area contributed by atoms with E-state index < -0.39 is 0 Å². The third-order valence-corrected chi connectivity index (χ3v) is 4.80. The number of hydrogen-bond donors (Lipinski definition) is 1. The van der Waals surface area contributed by atoms with Gasteiger partial charge in [0.1, 0.15) is 0 Å². The summed E-state index contributed by atoms with van der Waals surface area (Å²) in [7, 11) is 0. The van der Waals surface area contributed by atoms with Crippen LogP contribution in [0.1, 0.15) is 70.9 Å². The average molecular weight is 288 g/mol. The molecule has 0 spiro atoms. The predicted molar refractivity (Wildman–Crippen MR) is 92.7 cm³/mol. The molecule has 1 aromatic carbocycles. The lowest BCUT2D eigenvalue weighted by molar-refractivity contribution is 0.525. The maximum absolute atomic E-state index is 6.36. The molecule has 2 nitrogen and oxygen atoms in total. The summed E-state index contributed by atoms with van der Waals surface area (Å²) in [4.78, 5) is 2.66. The third-order valence-electron chi connectivity index (χ3n) is 4.80. The molecule has 1 atom stereocenters. The topological polar surface area (TPSA) is 29.3 Å². The van der Waals surface area contributed by atoms with E-state index in [4.69, 9.17) is 5.73 Å². The van der Waals surface area contributed by atoms with Crippen molar-refractivity contribution in [1.29, 1.82) is 0 Å². The van der Waals surface area contributed by atoms with E-state index in [1.807, 2.05) is 0 Å². The molecule has 2 N–H and O–H groups in total. The Balaban J connectivity index is 2.26. The number of rotatable bonds is 7. The summed E-state index contributed by atoms with van der Waals surface area (Å²) in [5.41, 5.74) is 9.08. The molecular formula is C19H32N2. The van der Waals surface area contributed by atoms with Gasteiger partial charge in [0.25, 0.3) is 0 Å². The van der Waals surface area contributed by atoms with Gasteiger partial charge in [-0.1, -0.05) is 51.8 Å². The Labute approximate surface area is 130 Å². The Hall–Kier alpha value is -1.02. The van der Waals surface area contributed by atoms with Crippen LogP contribution in [0.25, 0.3) is 0 Å². The van der Waals surface area contributed by atoms with Gasteiger partial charge in [-0.3, -0.25) is 0 Å². The van der Waals surface area contributed by atoms with Crippen LogP contribution in [0.4, 0.5) is 5.69 Å². The zero-order valence-electron chi connectivity index (χ0n) is 14.0. The highest BCUT2D eigenvalue weighted by Gasteiger charge is 2.25. The molecular weight excluding hydrogens is 256 g/mol. The second-order valence-corrected chi connectivity index (χ2v) is 6.89. The van der Waals surface area contributed by atoms with Gasteiger partial charge in [-0.2, -0.15) is 0 Å². The molecule has 1 fully saturated rings. The molecule has 21 heavy (non-hydrogen) atoms. The molecule has 0 bridgehead atoms. The van der Waals surface area contributed by atoms with Crippen LogP contribution in [0.15, 0.2) is 24.3 Å². The summed E-state index contributed by atoms with van der Waals surface area (Å²) in [5.74, 6) is 0.751. The van der Waals surface area contributed by atoms with Crippen molar-refractivity contribution in [3.8, 4) is 0 Å². The summed E-state index contributed by atoms with van der Waals surface area (Å²) in [6.07, 6.45) is 7.70. The molecule has 0 amide bonds. The molecule has 2 rings (SSSR count). The smallest absolute Gasteiger partial charge is 0.0417 e. The molecule has 1 saturated carbocycles. The van der Waals surface area contributed by atoms with Crippen LogP contribution in [0.3, 0.4) is 0 Å². The summed E-state index contributed by atoms with van der Waals surface area (Å²) >= 11 is 0. The Kier molecular flexibility index (Phi) is 6.10. The number of nitrogens with two attached hydrogens (primary N) is 1. The SMILES string of the molecule is CCC(N)c1ccccc1N(CCC(C)C)C1CCCC1. The van der Waals surface area contributed by atoms with Crippen molar-refractivity contribution >= 4 is 5.69 Å². The van der Waals surface area contributed by atoms with Crippen LogP contribution < -0.4 is 10.6 Å². The van der Waals surface area contributed by atoms with Crippen molar-refractivity contribution in [2.24, 2.45) is 11.7 Å². The third kappa shape index (κ3) is 4.23. The van der Waals surface area contributed by atoms with Gasteiger partial charge < -0.3 is 10.6 Å². The van der Waals surface area contributed by atoms with Crippen LogP contribution in [-0.4, -0.2) is 12.6 Å². The summed E-state index contributed by atoms with van der Waals surface area (Å²) in [5, 5.41) is 0. The first-order chi connectivity index (χ1) is 10.1. The van der Waals surface area contributed by atoms with Gasteiger partial charge in [0.15, 0.2) is 0 Å². The van der Waals surface area contributed by atoms with E-state index in [1.54, 1.807) is 0 Å². The van der Waals surface area contributed by atoms with Gasteiger partial charge in [0.2, 0.25) is 0 Å². The first-order valence-corrected chi connectivity index (χ1v) is 8.74. The number of anilines is 1. The zero-order chi connectivity index (χ0) is 15.2. The predicted octanol–water partition coefficient (Wildman–Crippen LogP) is 4.89. The second kappa shape index (κ2) is 7.84. The molecule has 118 valence electrons. The van der Waals surface area contributed by atoms with E-state index in [0.29, 0.717) is 6.04 Å². The minimum atomic E-state index is 0.157. The van der Waals surface area contributed by atoms with Crippen molar-refractivity contribution < 1.29 is 0 Å². The molecule has 0 aliphatic heterocycles. The largest absolute Gasteiger partial charge is 0.368 e. The van der Waals surface area contributed by atoms with Gasteiger partial charge in [0.05, 0.1) is 0 Å². The highest BCUT2D eigenvalue weighted by molar-refractivity contribution is 5.56. The van der Waals surface area contributed by atoms with Crippen molar-refractivity contribution in [2.45, 2.75) is 71.4 Å². The fourth-order valence-corrected chi connectivity index (χ4v) is 3.40. The fraction of sp³-hybridized carbons (Fsp3) is 0.684. The van der Waals surface area contributed by atoms with Gasteiger partial charge >= 0.3 is 0 Å². The first kappa shape index (κ1) is 16.4. The normalized spacial score (nSPS) is 17.4. The van der Waals surface area contributed by atoms with E-state index >= 15 is 0 Å². The monoisotopic (exact) mass is 288 g/mol. The zero-order valence-corrected chi connectivity index (χ0v) is 14.0. The molecule has 0 heterocycles. The summed E-state index contributed by atoms with van der Waals surface area (Å²) < 4.78 is 0. The van der Waals surface area contributed by atoms with E-state index in [1.165, 1.54) is 43.4 Å². The maximum Gasteiger partial charge on any atom is 0.0417 e. The summed E-state index contributed by atoms with van der Waals surface area (Å²) in [6.45, 7) is 7.97. The molecule has 2 heteroatoms. The van der Waals surface area contributed by atoms with Crippen molar-refractivity contribution in [3.05, 3.63) is 29.8 Å². The molecule has 0 radical (unpaired) electrons. The van der Waals surface area contributed by atoms with Crippen LogP contribution in [0, 0.1) is 5.92 Å². The second-order valence-electron chi connectivity index (χ2n) is 6.89. The van der Waals surface area contributed by atoms with Crippen LogP contribution >= 0.6 is 0 Å². The van der Waals surface area contributed by atoms with Crippen molar-refractivity contribution in [3.63, 3.8) is 0 Å². The maximum atomic E-state index is 6.36. The molecule has 0 saturated heterocycles. The minimum absolute atomic E-state index is 0.157. The van der Waals surface area contributed by atoms with Gasteiger partial charge in [-0.15, -0.1) is 0 Å². The lowest BCUT2D eigenvalue weighted by atomic mass is 10.00. The van der Waals surface area contributed by atoms with Crippen LogP contribution in [0.5, 0.6) is 0 Å². The fourth-order valence-electron chi connectivity index (χ4n) is 3.40. The summed E-state index contributed by atoms with van der Waals surface area (Å²) in [6, 6.07) is 9.67. The average Bonchev–Trinajstić information content (AvgIpc) is 3.01. The molecule has 1 aliphatic carbocycles. The lowest BCUT2D eigenvalue weighted by Gasteiger charge is -2.34. The van der Waals surface area contributed by atoms with E-state index in [2.05, 4.69) is 49.9 Å².